The van der Waals surface area contributed by atoms with Crippen LogP contribution in [0.25, 0.3) is 12.2 Å². The van der Waals surface area contributed by atoms with Gasteiger partial charge in [0, 0.05) is 54.6 Å². The van der Waals surface area contributed by atoms with Crippen molar-refractivity contribution < 1.29 is 0 Å². The first-order chi connectivity index (χ1) is 14.7. The van der Waals surface area contributed by atoms with Gasteiger partial charge in [-0.2, -0.15) is 0 Å². The Balaban J connectivity index is 1.37. The van der Waals surface area contributed by atoms with Crippen LogP contribution in [0.1, 0.15) is 34.9 Å². The molecule has 1 saturated heterocycles. The molecule has 0 aliphatic carbocycles. The van der Waals surface area contributed by atoms with Crippen molar-refractivity contribution in [3.05, 3.63) is 98.7 Å². The molecular weight excluding hydrogens is 394 g/mol. The van der Waals surface area contributed by atoms with Crippen LogP contribution in [-0.4, -0.2) is 27.5 Å². The standard InChI is InChI=1S/C25H24ClN3O/c26-22-9-5-18(6-10-22)4-7-20-8-11-24-21-13-19(15-29(24)25(20)30)14-28(16-21)17-23-3-1-2-12-27-23/h1-12,19,21H,13-17H2/b7-4+/t19-,21+/m0/s1. The van der Waals surface area contributed by atoms with Gasteiger partial charge in [0.25, 0.3) is 5.56 Å². The number of pyridine rings is 2. The summed E-state index contributed by atoms with van der Waals surface area (Å²) in [6, 6.07) is 17.8. The van der Waals surface area contributed by atoms with Crippen molar-refractivity contribution in [1.82, 2.24) is 14.5 Å². The molecule has 1 fully saturated rings. The Labute approximate surface area is 181 Å². The number of piperidine rings is 1. The molecule has 2 atom stereocenters. The van der Waals surface area contributed by atoms with Crippen molar-refractivity contribution in [2.45, 2.75) is 25.4 Å². The Morgan fingerprint density at radius 1 is 1.00 bits per heavy atom. The van der Waals surface area contributed by atoms with Gasteiger partial charge in [0.15, 0.2) is 0 Å². The van der Waals surface area contributed by atoms with E-state index in [0.29, 0.717) is 16.9 Å². The van der Waals surface area contributed by atoms with E-state index in [0.717, 1.165) is 49.4 Å². The van der Waals surface area contributed by atoms with E-state index in [1.54, 1.807) is 0 Å². The van der Waals surface area contributed by atoms with Gasteiger partial charge in [0.2, 0.25) is 0 Å². The Hall–Kier alpha value is -2.69. The van der Waals surface area contributed by atoms with Gasteiger partial charge >= 0.3 is 0 Å². The first-order valence-electron chi connectivity index (χ1n) is 10.5. The molecule has 2 aliphatic rings. The maximum Gasteiger partial charge on any atom is 0.258 e. The highest BCUT2D eigenvalue weighted by molar-refractivity contribution is 6.30. The fourth-order valence-corrected chi connectivity index (χ4v) is 4.92. The second-order valence-electron chi connectivity index (χ2n) is 8.33. The first kappa shape index (κ1) is 19.3. The summed E-state index contributed by atoms with van der Waals surface area (Å²) in [4.78, 5) is 20.1. The highest BCUT2D eigenvalue weighted by Gasteiger charge is 2.34. The molecule has 3 aromatic rings. The van der Waals surface area contributed by atoms with Gasteiger partial charge in [-0.3, -0.25) is 14.7 Å². The van der Waals surface area contributed by atoms with E-state index < -0.39 is 0 Å². The molecule has 0 amide bonds. The molecule has 5 heteroatoms. The predicted molar refractivity (Wildman–Crippen MR) is 121 cm³/mol. The zero-order valence-electron chi connectivity index (χ0n) is 16.7. The summed E-state index contributed by atoms with van der Waals surface area (Å²) in [7, 11) is 0. The number of hydrogen-bond acceptors (Lipinski definition) is 3. The lowest BCUT2D eigenvalue weighted by Crippen LogP contribution is -2.47. The monoisotopic (exact) mass is 417 g/mol. The third-order valence-corrected chi connectivity index (χ3v) is 6.40. The lowest BCUT2D eigenvalue weighted by Gasteiger charge is -2.42. The van der Waals surface area contributed by atoms with Crippen molar-refractivity contribution >= 4 is 23.8 Å². The van der Waals surface area contributed by atoms with Gasteiger partial charge in [0.1, 0.15) is 0 Å². The van der Waals surface area contributed by atoms with Crippen LogP contribution in [0, 0.1) is 5.92 Å². The normalized spacial score (nSPS) is 21.0. The summed E-state index contributed by atoms with van der Waals surface area (Å²) in [6.07, 6.45) is 6.90. The minimum absolute atomic E-state index is 0.116. The lowest BCUT2D eigenvalue weighted by atomic mass is 9.83. The second kappa shape index (κ2) is 8.21. The zero-order valence-corrected chi connectivity index (χ0v) is 17.5. The van der Waals surface area contributed by atoms with Crippen LogP contribution in [0.4, 0.5) is 0 Å². The van der Waals surface area contributed by atoms with Crippen LogP contribution < -0.4 is 5.56 Å². The Morgan fingerprint density at radius 3 is 2.67 bits per heavy atom. The number of benzene rings is 1. The van der Waals surface area contributed by atoms with Crippen molar-refractivity contribution in [3.63, 3.8) is 0 Å². The molecule has 2 bridgehead atoms. The van der Waals surface area contributed by atoms with Gasteiger partial charge in [-0.25, -0.2) is 0 Å². The molecular formula is C25H24ClN3O. The summed E-state index contributed by atoms with van der Waals surface area (Å²) in [5.41, 5.74) is 4.16. The Kier molecular flexibility index (Phi) is 5.28. The molecule has 4 nitrogen and oxygen atoms in total. The largest absolute Gasteiger partial charge is 0.311 e. The van der Waals surface area contributed by atoms with Gasteiger partial charge < -0.3 is 4.57 Å². The van der Waals surface area contributed by atoms with Crippen LogP contribution in [0.5, 0.6) is 0 Å². The molecule has 152 valence electrons. The lowest BCUT2D eigenvalue weighted by molar-refractivity contribution is 0.113. The van der Waals surface area contributed by atoms with Gasteiger partial charge in [0.05, 0.1) is 5.69 Å². The van der Waals surface area contributed by atoms with Gasteiger partial charge in [-0.05, 0) is 60.4 Å². The maximum atomic E-state index is 13.2. The highest BCUT2D eigenvalue weighted by atomic mass is 35.5. The zero-order chi connectivity index (χ0) is 20.5. The number of aromatic nitrogens is 2. The number of nitrogens with zero attached hydrogens (tertiary/aromatic N) is 3. The average molecular weight is 418 g/mol. The number of halogens is 1. The molecule has 0 unspecified atom stereocenters. The minimum Gasteiger partial charge on any atom is -0.311 e. The molecule has 5 rings (SSSR count). The Bertz CT molecular complexity index is 1120. The molecule has 0 spiro atoms. The number of hydrogen-bond donors (Lipinski definition) is 0. The van der Waals surface area contributed by atoms with Gasteiger partial charge in [-0.15, -0.1) is 0 Å². The summed E-state index contributed by atoms with van der Waals surface area (Å²) in [5, 5.41) is 0.713. The average Bonchev–Trinajstić information content (AvgIpc) is 2.75. The van der Waals surface area contributed by atoms with Crippen molar-refractivity contribution in [3.8, 4) is 0 Å². The molecule has 4 heterocycles. The van der Waals surface area contributed by atoms with Gasteiger partial charge in [-0.1, -0.05) is 35.9 Å². The molecule has 30 heavy (non-hydrogen) atoms. The molecule has 0 radical (unpaired) electrons. The van der Waals surface area contributed by atoms with Crippen LogP contribution >= 0.6 is 11.6 Å². The Morgan fingerprint density at radius 2 is 1.87 bits per heavy atom. The fourth-order valence-electron chi connectivity index (χ4n) is 4.80. The van der Waals surface area contributed by atoms with Crippen LogP contribution in [-0.2, 0) is 13.1 Å². The number of likely N-dealkylation sites (tertiary alicyclic amines) is 1. The molecule has 0 N–H and O–H groups in total. The highest BCUT2D eigenvalue weighted by Crippen LogP contribution is 2.35. The second-order valence-corrected chi connectivity index (χ2v) is 8.76. The third kappa shape index (κ3) is 3.98. The van der Waals surface area contributed by atoms with Crippen LogP contribution in [0.2, 0.25) is 5.02 Å². The third-order valence-electron chi connectivity index (χ3n) is 6.15. The van der Waals surface area contributed by atoms with E-state index >= 15 is 0 Å². The molecule has 2 aliphatic heterocycles. The summed E-state index contributed by atoms with van der Waals surface area (Å²) in [5.74, 6) is 0.913. The van der Waals surface area contributed by atoms with Crippen molar-refractivity contribution in [1.29, 1.82) is 0 Å². The van der Waals surface area contributed by atoms with E-state index in [9.17, 15) is 4.79 Å². The summed E-state index contributed by atoms with van der Waals surface area (Å²) < 4.78 is 2.01. The van der Waals surface area contributed by atoms with Crippen LogP contribution in [0.15, 0.2) is 65.6 Å². The summed E-state index contributed by atoms with van der Waals surface area (Å²) in [6.45, 7) is 3.67. The SMILES string of the molecule is O=c1c(/C=C/c2ccc(Cl)cc2)ccc2n1C[C@H]1C[C@@H]2CN(Cc2ccccn2)C1. The van der Waals surface area contributed by atoms with E-state index in [-0.39, 0.29) is 5.56 Å². The molecule has 0 saturated carbocycles. The summed E-state index contributed by atoms with van der Waals surface area (Å²) >= 11 is 5.95. The van der Waals surface area contributed by atoms with E-state index in [1.807, 2.05) is 65.4 Å². The number of rotatable bonds is 4. The maximum absolute atomic E-state index is 13.2. The van der Waals surface area contributed by atoms with E-state index in [1.165, 1.54) is 5.69 Å². The van der Waals surface area contributed by atoms with E-state index in [4.69, 9.17) is 11.6 Å². The molecule has 1 aromatic carbocycles. The van der Waals surface area contributed by atoms with Crippen LogP contribution in [0.3, 0.4) is 0 Å². The number of fused-ring (bicyclic) bond motifs is 4. The first-order valence-corrected chi connectivity index (χ1v) is 10.8. The van der Waals surface area contributed by atoms with Crippen molar-refractivity contribution in [2.75, 3.05) is 13.1 Å². The molecule has 2 aromatic heterocycles. The predicted octanol–water partition coefficient (Wildman–Crippen LogP) is 4.69. The fraction of sp³-hybridized carbons (Fsp3) is 0.280. The topological polar surface area (TPSA) is 38.1 Å². The van der Waals surface area contributed by atoms with E-state index in [2.05, 4.69) is 22.0 Å². The quantitative estimate of drug-likeness (QED) is 0.618. The van der Waals surface area contributed by atoms with Crippen molar-refractivity contribution in [2.24, 2.45) is 5.92 Å². The smallest absolute Gasteiger partial charge is 0.258 e. The minimum atomic E-state index is 0.116.